The van der Waals surface area contributed by atoms with Gasteiger partial charge in [-0.25, -0.2) is 0 Å². The average molecular weight is 298 g/mol. The third-order valence-corrected chi connectivity index (χ3v) is 4.20. The fourth-order valence-electron chi connectivity index (χ4n) is 2.51. The Balaban J connectivity index is 2.10. The van der Waals surface area contributed by atoms with Crippen molar-refractivity contribution < 1.29 is 4.74 Å². The highest BCUT2D eigenvalue weighted by atomic mass is 79.9. The molecule has 3 heteroatoms. The topological polar surface area (TPSA) is 35.2 Å². The first-order chi connectivity index (χ1) is 8.20. The van der Waals surface area contributed by atoms with E-state index in [2.05, 4.69) is 22.9 Å². The lowest BCUT2D eigenvalue weighted by molar-refractivity contribution is 0.128. The van der Waals surface area contributed by atoms with Gasteiger partial charge in [0.25, 0.3) is 0 Å². The highest BCUT2D eigenvalue weighted by Crippen LogP contribution is 2.31. The lowest BCUT2D eigenvalue weighted by atomic mass is 9.88. The third kappa shape index (κ3) is 3.23. The number of halogens is 1. The number of hydrogen-bond acceptors (Lipinski definition) is 2. The van der Waals surface area contributed by atoms with Crippen LogP contribution in [0.3, 0.4) is 0 Å². The van der Waals surface area contributed by atoms with Crippen molar-refractivity contribution in [1.29, 1.82) is 0 Å². The van der Waals surface area contributed by atoms with Crippen LogP contribution in [0.25, 0.3) is 0 Å². The van der Waals surface area contributed by atoms with E-state index in [0.29, 0.717) is 12.6 Å². The van der Waals surface area contributed by atoms with Crippen LogP contribution in [-0.4, -0.2) is 6.10 Å². The molecular formula is C14H20BrNO. The molecule has 0 radical (unpaired) electrons. The minimum atomic E-state index is 0.360. The van der Waals surface area contributed by atoms with Gasteiger partial charge in [-0.1, -0.05) is 35.3 Å². The predicted molar refractivity (Wildman–Crippen MR) is 74.1 cm³/mol. The largest absolute Gasteiger partial charge is 0.490 e. The highest BCUT2D eigenvalue weighted by Gasteiger charge is 2.21. The molecule has 1 fully saturated rings. The molecule has 2 N–H and O–H groups in total. The van der Waals surface area contributed by atoms with Crippen LogP contribution in [0.4, 0.5) is 0 Å². The predicted octanol–water partition coefficient (Wildman–Crippen LogP) is 3.87. The molecule has 94 valence electrons. The second-order valence-corrected chi connectivity index (χ2v) is 5.79. The van der Waals surface area contributed by atoms with E-state index in [1.165, 1.54) is 19.3 Å². The van der Waals surface area contributed by atoms with E-state index in [4.69, 9.17) is 10.5 Å². The van der Waals surface area contributed by atoms with Crippen LogP contribution in [0.5, 0.6) is 5.75 Å². The van der Waals surface area contributed by atoms with Gasteiger partial charge in [0.15, 0.2) is 0 Å². The summed E-state index contributed by atoms with van der Waals surface area (Å²) in [6.07, 6.45) is 5.30. The van der Waals surface area contributed by atoms with Crippen molar-refractivity contribution >= 4 is 15.9 Å². The Bertz CT molecular complexity index is 380. The van der Waals surface area contributed by atoms with Gasteiger partial charge < -0.3 is 10.5 Å². The van der Waals surface area contributed by atoms with Crippen LogP contribution >= 0.6 is 15.9 Å². The summed E-state index contributed by atoms with van der Waals surface area (Å²) < 4.78 is 7.16. The Labute approximate surface area is 112 Å². The fourth-order valence-corrected chi connectivity index (χ4v) is 3.02. The van der Waals surface area contributed by atoms with Crippen molar-refractivity contribution in [1.82, 2.24) is 0 Å². The molecule has 17 heavy (non-hydrogen) atoms. The van der Waals surface area contributed by atoms with Gasteiger partial charge in [-0.05, 0) is 37.3 Å². The molecule has 2 nitrogen and oxygen atoms in total. The van der Waals surface area contributed by atoms with Gasteiger partial charge in [-0.2, -0.15) is 0 Å². The zero-order valence-electron chi connectivity index (χ0n) is 10.3. The summed E-state index contributed by atoms with van der Waals surface area (Å²) in [5, 5.41) is 0. The molecule has 1 saturated carbocycles. The van der Waals surface area contributed by atoms with Crippen LogP contribution in [0, 0.1) is 5.92 Å². The summed E-state index contributed by atoms with van der Waals surface area (Å²) >= 11 is 3.52. The Kier molecular flexibility index (Phi) is 4.46. The lowest BCUT2D eigenvalue weighted by Crippen LogP contribution is -2.24. The van der Waals surface area contributed by atoms with Gasteiger partial charge in [0.05, 0.1) is 6.10 Å². The normalized spacial score (nSPS) is 24.6. The minimum Gasteiger partial charge on any atom is -0.490 e. The molecule has 0 aromatic heterocycles. The van der Waals surface area contributed by atoms with Gasteiger partial charge in [0.2, 0.25) is 0 Å². The van der Waals surface area contributed by atoms with Crippen molar-refractivity contribution in [3.8, 4) is 5.75 Å². The zero-order chi connectivity index (χ0) is 12.3. The van der Waals surface area contributed by atoms with E-state index >= 15 is 0 Å². The minimum absolute atomic E-state index is 0.360. The number of ether oxygens (including phenoxy) is 1. The molecule has 1 aliphatic carbocycles. The van der Waals surface area contributed by atoms with Crippen molar-refractivity contribution in [2.45, 2.75) is 45.3 Å². The van der Waals surface area contributed by atoms with Gasteiger partial charge >= 0.3 is 0 Å². The Morgan fingerprint density at radius 1 is 1.41 bits per heavy atom. The first-order valence-corrected chi connectivity index (χ1v) is 7.14. The molecule has 0 heterocycles. The molecule has 0 aliphatic heterocycles. The van der Waals surface area contributed by atoms with Crippen LogP contribution in [0.1, 0.15) is 38.2 Å². The molecular weight excluding hydrogens is 278 g/mol. The number of hydrogen-bond donors (Lipinski definition) is 1. The first-order valence-electron chi connectivity index (χ1n) is 6.34. The SMILES string of the molecule is CC1CCCC(Oc2cccc(Br)c2CN)C1. The van der Waals surface area contributed by atoms with E-state index in [1.807, 2.05) is 18.2 Å². The summed E-state index contributed by atoms with van der Waals surface area (Å²) in [6.45, 7) is 2.82. The number of benzene rings is 1. The molecule has 0 bridgehead atoms. The fraction of sp³-hybridized carbons (Fsp3) is 0.571. The van der Waals surface area contributed by atoms with E-state index < -0.39 is 0 Å². The molecule has 1 aromatic rings. The van der Waals surface area contributed by atoms with Crippen LogP contribution in [-0.2, 0) is 6.54 Å². The van der Waals surface area contributed by atoms with E-state index in [0.717, 1.165) is 28.1 Å². The van der Waals surface area contributed by atoms with Gasteiger partial charge in [-0.15, -0.1) is 0 Å². The van der Waals surface area contributed by atoms with Crippen molar-refractivity contribution in [2.24, 2.45) is 11.7 Å². The van der Waals surface area contributed by atoms with Crippen molar-refractivity contribution in [2.75, 3.05) is 0 Å². The number of nitrogens with two attached hydrogens (primary N) is 1. The molecule has 1 aromatic carbocycles. The molecule has 0 amide bonds. The van der Waals surface area contributed by atoms with Gasteiger partial charge in [0, 0.05) is 16.6 Å². The molecule has 0 saturated heterocycles. The summed E-state index contributed by atoms with van der Waals surface area (Å²) in [5.74, 6) is 1.73. The van der Waals surface area contributed by atoms with Crippen LogP contribution in [0.15, 0.2) is 22.7 Å². The molecule has 2 atom stereocenters. The smallest absolute Gasteiger partial charge is 0.125 e. The molecule has 1 aliphatic rings. The maximum Gasteiger partial charge on any atom is 0.125 e. The standard InChI is InChI=1S/C14H20BrNO/c1-10-4-2-5-11(8-10)17-14-7-3-6-13(15)12(14)9-16/h3,6-7,10-11H,2,4-5,8-9,16H2,1H3. The first kappa shape index (κ1) is 12.9. The van der Waals surface area contributed by atoms with E-state index in [-0.39, 0.29) is 0 Å². The summed E-state index contributed by atoms with van der Waals surface area (Å²) in [5.41, 5.74) is 6.85. The van der Waals surface area contributed by atoms with Crippen molar-refractivity contribution in [3.63, 3.8) is 0 Å². The maximum atomic E-state index is 6.12. The highest BCUT2D eigenvalue weighted by molar-refractivity contribution is 9.10. The summed E-state index contributed by atoms with van der Waals surface area (Å²) in [4.78, 5) is 0. The van der Waals surface area contributed by atoms with E-state index in [9.17, 15) is 0 Å². The summed E-state index contributed by atoms with van der Waals surface area (Å²) in [7, 11) is 0. The Morgan fingerprint density at radius 2 is 2.24 bits per heavy atom. The molecule has 0 spiro atoms. The van der Waals surface area contributed by atoms with Crippen LogP contribution in [0.2, 0.25) is 0 Å². The second kappa shape index (κ2) is 5.87. The van der Waals surface area contributed by atoms with Gasteiger partial charge in [-0.3, -0.25) is 0 Å². The Hall–Kier alpha value is -0.540. The molecule has 2 unspecified atom stereocenters. The third-order valence-electron chi connectivity index (χ3n) is 3.46. The summed E-state index contributed by atoms with van der Waals surface area (Å²) in [6, 6.07) is 6.04. The van der Waals surface area contributed by atoms with Gasteiger partial charge in [0.1, 0.15) is 5.75 Å². The second-order valence-electron chi connectivity index (χ2n) is 4.93. The van der Waals surface area contributed by atoms with E-state index in [1.54, 1.807) is 0 Å². The zero-order valence-corrected chi connectivity index (χ0v) is 11.9. The monoisotopic (exact) mass is 297 g/mol. The Morgan fingerprint density at radius 3 is 2.94 bits per heavy atom. The number of rotatable bonds is 3. The lowest BCUT2D eigenvalue weighted by Gasteiger charge is -2.28. The molecule has 2 rings (SSSR count). The average Bonchev–Trinajstić information content (AvgIpc) is 2.29. The van der Waals surface area contributed by atoms with Crippen molar-refractivity contribution in [3.05, 3.63) is 28.2 Å². The van der Waals surface area contributed by atoms with Crippen LogP contribution < -0.4 is 10.5 Å². The quantitative estimate of drug-likeness (QED) is 0.919. The maximum absolute atomic E-state index is 6.12.